The van der Waals surface area contributed by atoms with Gasteiger partial charge < -0.3 is 10.0 Å². The molecule has 0 unspecified atom stereocenters. The van der Waals surface area contributed by atoms with Crippen LogP contribution in [0.1, 0.15) is 23.2 Å². The molecule has 4 nitrogen and oxygen atoms in total. The minimum Gasteiger partial charge on any atom is -0.478 e. The molecule has 92 valence electrons. The molecule has 1 aliphatic rings. The Morgan fingerprint density at radius 3 is 2.72 bits per heavy atom. The smallest absolute Gasteiger partial charge is 0.336 e. The van der Waals surface area contributed by atoms with E-state index in [-0.39, 0.29) is 0 Å². The number of pyridine rings is 1. The lowest BCUT2D eigenvalue weighted by atomic mass is 10.1. The first-order valence-corrected chi connectivity index (χ1v) is 6.13. The summed E-state index contributed by atoms with van der Waals surface area (Å²) in [5.74, 6) is -0.902. The number of rotatable bonds is 2. The molecule has 1 saturated heterocycles. The summed E-state index contributed by atoms with van der Waals surface area (Å²) in [6.07, 6.45) is 3.95. The van der Waals surface area contributed by atoms with Crippen molar-refractivity contribution in [1.29, 1.82) is 0 Å². The Morgan fingerprint density at radius 1 is 1.22 bits per heavy atom. The maximum absolute atomic E-state index is 11.2. The van der Waals surface area contributed by atoms with Crippen molar-refractivity contribution in [2.24, 2.45) is 0 Å². The number of hydrogen-bond acceptors (Lipinski definition) is 3. The quantitative estimate of drug-likeness (QED) is 0.879. The molecule has 0 radical (unpaired) electrons. The van der Waals surface area contributed by atoms with Crippen molar-refractivity contribution in [1.82, 2.24) is 4.98 Å². The molecule has 1 N–H and O–H groups in total. The highest BCUT2D eigenvalue weighted by atomic mass is 16.4. The van der Waals surface area contributed by atoms with Gasteiger partial charge in [-0.25, -0.2) is 4.79 Å². The number of benzene rings is 1. The van der Waals surface area contributed by atoms with Crippen LogP contribution in [0.4, 0.5) is 5.69 Å². The van der Waals surface area contributed by atoms with E-state index in [1.54, 1.807) is 12.3 Å². The van der Waals surface area contributed by atoms with Gasteiger partial charge in [-0.1, -0.05) is 0 Å². The molecule has 4 heteroatoms. The minimum absolute atomic E-state index is 0.320. The normalized spacial score (nSPS) is 15.2. The van der Waals surface area contributed by atoms with E-state index in [0.717, 1.165) is 29.7 Å². The molecule has 0 atom stereocenters. The number of anilines is 1. The molecular weight excluding hydrogens is 228 g/mol. The standard InChI is InChI=1S/C14H14N2O2/c17-14(18)11-5-6-15-13-4-3-10(9-12(11)13)16-7-1-2-8-16/h3-6,9H,1-2,7-8H2,(H,17,18). The molecule has 0 bridgehead atoms. The first kappa shape index (κ1) is 11.0. The molecule has 0 saturated carbocycles. The third kappa shape index (κ3) is 1.79. The molecule has 2 heterocycles. The van der Waals surface area contributed by atoms with Crippen molar-refractivity contribution in [3.63, 3.8) is 0 Å². The predicted octanol–water partition coefficient (Wildman–Crippen LogP) is 2.53. The number of nitrogens with zero attached hydrogens (tertiary/aromatic N) is 2. The van der Waals surface area contributed by atoms with Gasteiger partial charge in [-0.05, 0) is 37.1 Å². The highest BCUT2D eigenvalue weighted by Crippen LogP contribution is 2.26. The third-order valence-corrected chi connectivity index (χ3v) is 3.43. The average Bonchev–Trinajstić information content (AvgIpc) is 2.91. The summed E-state index contributed by atoms with van der Waals surface area (Å²) >= 11 is 0. The Balaban J connectivity index is 2.14. The molecule has 18 heavy (non-hydrogen) atoms. The first-order chi connectivity index (χ1) is 8.75. The second-order valence-corrected chi connectivity index (χ2v) is 4.56. The van der Waals surface area contributed by atoms with Gasteiger partial charge in [-0.15, -0.1) is 0 Å². The molecule has 2 aromatic rings. The number of fused-ring (bicyclic) bond motifs is 1. The first-order valence-electron chi connectivity index (χ1n) is 6.13. The largest absolute Gasteiger partial charge is 0.478 e. The van der Waals surface area contributed by atoms with E-state index >= 15 is 0 Å². The van der Waals surface area contributed by atoms with Crippen LogP contribution in [0.2, 0.25) is 0 Å². The second-order valence-electron chi connectivity index (χ2n) is 4.56. The van der Waals surface area contributed by atoms with Crippen LogP contribution in [-0.4, -0.2) is 29.1 Å². The molecule has 0 aliphatic carbocycles. The summed E-state index contributed by atoms with van der Waals surface area (Å²) in [5, 5.41) is 9.91. The van der Waals surface area contributed by atoms with Gasteiger partial charge in [0.2, 0.25) is 0 Å². The van der Waals surface area contributed by atoms with Crippen molar-refractivity contribution < 1.29 is 9.90 Å². The minimum atomic E-state index is -0.902. The SMILES string of the molecule is O=C(O)c1ccnc2ccc(N3CCCC3)cc12. The summed E-state index contributed by atoms with van der Waals surface area (Å²) in [7, 11) is 0. The van der Waals surface area contributed by atoms with Crippen molar-refractivity contribution >= 4 is 22.6 Å². The number of aromatic nitrogens is 1. The lowest BCUT2D eigenvalue weighted by Gasteiger charge is -2.18. The topological polar surface area (TPSA) is 53.4 Å². The molecule has 1 fully saturated rings. The zero-order chi connectivity index (χ0) is 12.5. The number of carbonyl (C=O) groups is 1. The van der Waals surface area contributed by atoms with Crippen molar-refractivity contribution in [3.05, 3.63) is 36.0 Å². The maximum Gasteiger partial charge on any atom is 0.336 e. The molecule has 3 rings (SSSR count). The summed E-state index contributed by atoms with van der Waals surface area (Å²) in [6, 6.07) is 7.41. The van der Waals surface area contributed by atoms with E-state index in [4.69, 9.17) is 0 Å². The van der Waals surface area contributed by atoms with E-state index in [9.17, 15) is 9.90 Å². The zero-order valence-electron chi connectivity index (χ0n) is 9.97. The van der Waals surface area contributed by atoms with E-state index in [2.05, 4.69) is 9.88 Å². The van der Waals surface area contributed by atoms with Gasteiger partial charge >= 0.3 is 5.97 Å². The van der Waals surface area contributed by atoms with Crippen molar-refractivity contribution in [2.45, 2.75) is 12.8 Å². The Morgan fingerprint density at radius 2 is 2.00 bits per heavy atom. The third-order valence-electron chi connectivity index (χ3n) is 3.43. The fourth-order valence-electron chi connectivity index (χ4n) is 2.49. The van der Waals surface area contributed by atoms with Crippen molar-refractivity contribution in [3.8, 4) is 0 Å². The Kier molecular flexibility index (Phi) is 2.63. The average molecular weight is 242 g/mol. The highest BCUT2D eigenvalue weighted by molar-refractivity contribution is 6.03. The monoisotopic (exact) mass is 242 g/mol. The van der Waals surface area contributed by atoms with Crippen LogP contribution < -0.4 is 4.90 Å². The van der Waals surface area contributed by atoms with Gasteiger partial charge in [0.25, 0.3) is 0 Å². The maximum atomic E-state index is 11.2. The lowest BCUT2D eigenvalue weighted by molar-refractivity contribution is 0.0699. The van der Waals surface area contributed by atoms with E-state index < -0.39 is 5.97 Å². The summed E-state index contributed by atoms with van der Waals surface area (Å²) in [4.78, 5) is 17.7. The molecule has 0 spiro atoms. The van der Waals surface area contributed by atoms with Crippen LogP contribution in [0.3, 0.4) is 0 Å². The van der Waals surface area contributed by atoms with Gasteiger partial charge in [0.15, 0.2) is 0 Å². The van der Waals surface area contributed by atoms with Crippen LogP contribution in [-0.2, 0) is 0 Å². The molecule has 1 aromatic carbocycles. The number of carboxylic acids is 1. The number of hydrogen-bond donors (Lipinski definition) is 1. The van der Waals surface area contributed by atoms with Gasteiger partial charge in [0, 0.05) is 30.4 Å². The zero-order valence-corrected chi connectivity index (χ0v) is 9.97. The Bertz CT molecular complexity index is 604. The Hall–Kier alpha value is -2.10. The Labute approximate surface area is 105 Å². The second kappa shape index (κ2) is 4.29. The van der Waals surface area contributed by atoms with Gasteiger partial charge in [-0.3, -0.25) is 4.98 Å². The van der Waals surface area contributed by atoms with Crippen LogP contribution in [0, 0.1) is 0 Å². The highest BCUT2D eigenvalue weighted by Gasteiger charge is 2.15. The van der Waals surface area contributed by atoms with E-state index in [1.807, 2.05) is 18.2 Å². The lowest BCUT2D eigenvalue weighted by Crippen LogP contribution is -2.17. The fraction of sp³-hybridized carbons (Fsp3) is 0.286. The fourth-order valence-corrected chi connectivity index (χ4v) is 2.49. The molecule has 1 aliphatic heterocycles. The predicted molar refractivity (Wildman–Crippen MR) is 70.1 cm³/mol. The van der Waals surface area contributed by atoms with Crippen LogP contribution in [0.25, 0.3) is 10.9 Å². The van der Waals surface area contributed by atoms with Crippen LogP contribution in [0.15, 0.2) is 30.5 Å². The van der Waals surface area contributed by atoms with Gasteiger partial charge in [-0.2, -0.15) is 0 Å². The summed E-state index contributed by atoms with van der Waals surface area (Å²) in [6.45, 7) is 2.10. The van der Waals surface area contributed by atoms with Gasteiger partial charge in [0.1, 0.15) is 0 Å². The van der Waals surface area contributed by atoms with Gasteiger partial charge in [0.05, 0.1) is 11.1 Å². The number of aromatic carboxylic acids is 1. The van der Waals surface area contributed by atoms with E-state index in [0.29, 0.717) is 5.56 Å². The van der Waals surface area contributed by atoms with Crippen LogP contribution >= 0.6 is 0 Å². The molecule has 0 amide bonds. The van der Waals surface area contributed by atoms with E-state index in [1.165, 1.54) is 12.8 Å². The van der Waals surface area contributed by atoms with Crippen LogP contribution in [0.5, 0.6) is 0 Å². The summed E-state index contributed by atoms with van der Waals surface area (Å²) < 4.78 is 0. The molecular formula is C14H14N2O2. The summed E-state index contributed by atoms with van der Waals surface area (Å²) in [5.41, 5.74) is 2.15. The number of carboxylic acid groups (broad SMARTS) is 1. The molecule has 1 aromatic heterocycles. The van der Waals surface area contributed by atoms with Crippen molar-refractivity contribution in [2.75, 3.05) is 18.0 Å².